The largest absolute Gasteiger partial charge is 0.496 e. The van der Waals surface area contributed by atoms with Gasteiger partial charge in [-0.25, -0.2) is 9.79 Å². The highest BCUT2D eigenvalue weighted by molar-refractivity contribution is 14.1. The lowest BCUT2D eigenvalue weighted by molar-refractivity contribution is -0.139. The Morgan fingerprint density at radius 2 is 1.94 bits per heavy atom. The van der Waals surface area contributed by atoms with E-state index in [0.29, 0.717) is 31.9 Å². The van der Waals surface area contributed by atoms with Crippen molar-refractivity contribution in [1.29, 1.82) is 0 Å². The van der Waals surface area contributed by atoms with Crippen molar-refractivity contribution in [3.8, 4) is 5.75 Å². The standard InChI is InChI=1S/C24H21IN2O4S/c1-4-31-23(29)20-14(2)26-24-27(21(20)17-7-5-6-8-18(17)30-3)22(28)19(32-24)13-15-9-11-16(25)12-10-15/h5-13,21H,4H2,1-3H3/b19-13+/t21-/m1/s1. The number of allylic oxidation sites excluding steroid dienone is 1. The van der Waals surface area contributed by atoms with Gasteiger partial charge in [0.2, 0.25) is 0 Å². The van der Waals surface area contributed by atoms with E-state index in [4.69, 9.17) is 9.47 Å². The lowest BCUT2D eigenvalue weighted by atomic mass is 9.95. The van der Waals surface area contributed by atoms with Crippen molar-refractivity contribution in [3.05, 3.63) is 94.2 Å². The van der Waals surface area contributed by atoms with Gasteiger partial charge in [-0.15, -0.1) is 0 Å². The SMILES string of the molecule is CCOC(=O)C1=C(C)N=c2s/c(=C/c3ccc(I)cc3)c(=O)n2[C@@H]1c1ccccc1OC. The van der Waals surface area contributed by atoms with E-state index in [1.807, 2.05) is 54.6 Å². The van der Waals surface area contributed by atoms with Crippen molar-refractivity contribution < 1.29 is 14.3 Å². The van der Waals surface area contributed by atoms with Crippen LogP contribution in [0.15, 0.2) is 69.6 Å². The Morgan fingerprint density at radius 1 is 1.22 bits per heavy atom. The van der Waals surface area contributed by atoms with Crippen LogP contribution in [-0.2, 0) is 9.53 Å². The third-order valence-corrected chi connectivity index (χ3v) is 6.82. The number of ether oxygens (including phenoxy) is 2. The van der Waals surface area contributed by atoms with E-state index in [2.05, 4.69) is 27.6 Å². The van der Waals surface area contributed by atoms with Crippen molar-refractivity contribution in [2.24, 2.45) is 4.99 Å². The Morgan fingerprint density at radius 3 is 2.62 bits per heavy atom. The molecule has 0 unspecified atom stereocenters. The van der Waals surface area contributed by atoms with Crippen molar-refractivity contribution in [3.63, 3.8) is 0 Å². The lowest BCUT2D eigenvalue weighted by Crippen LogP contribution is -2.40. The summed E-state index contributed by atoms with van der Waals surface area (Å²) < 4.78 is 14.1. The Labute approximate surface area is 202 Å². The minimum absolute atomic E-state index is 0.211. The molecule has 0 saturated carbocycles. The fourth-order valence-corrected chi connectivity index (χ4v) is 5.09. The van der Waals surface area contributed by atoms with E-state index < -0.39 is 12.0 Å². The molecule has 6 nitrogen and oxygen atoms in total. The normalized spacial score (nSPS) is 15.9. The van der Waals surface area contributed by atoms with Crippen LogP contribution in [0.4, 0.5) is 0 Å². The van der Waals surface area contributed by atoms with Gasteiger partial charge in [0.05, 0.1) is 29.5 Å². The Kier molecular flexibility index (Phi) is 6.61. The molecule has 1 aliphatic heterocycles. The van der Waals surface area contributed by atoms with Crippen LogP contribution in [0.3, 0.4) is 0 Å². The van der Waals surface area contributed by atoms with Gasteiger partial charge in [0.15, 0.2) is 4.80 Å². The van der Waals surface area contributed by atoms with Crippen molar-refractivity contribution in [1.82, 2.24) is 4.57 Å². The van der Waals surface area contributed by atoms with E-state index in [-0.39, 0.29) is 12.2 Å². The number of nitrogens with zero attached hydrogens (tertiary/aromatic N) is 2. The molecule has 0 fully saturated rings. The third-order valence-electron chi connectivity index (χ3n) is 5.12. The number of benzene rings is 2. The maximum atomic E-state index is 13.6. The van der Waals surface area contributed by atoms with Gasteiger partial charge in [-0.1, -0.05) is 41.7 Å². The van der Waals surface area contributed by atoms with Crippen LogP contribution in [0.5, 0.6) is 5.75 Å². The molecule has 0 N–H and O–H groups in total. The van der Waals surface area contributed by atoms with Gasteiger partial charge in [0.25, 0.3) is 5.56 Å². The molecule has 0 spiro atoms. The minimum atomic E-state index is -0.694. The summed E-state index contributed by atoms with van der Waals surface area (Å²) in [6, 6.07) is 14.6. The molecule has 2 aromatic carbocycles. The molecule has 0 bridgehead atoms. The zero-order valence-electron chi connectivity index (χ0n) is 17.8. The quantitative estimate of drug-likeness (QED) is 0.355. The van der Waals surface area contributed by atoms with Crippen LogP contribution >= 0.6 is 33.9 Å². The molecule has 2 heterocycles. The second-order valence-corrected chi connectivity index (χ2v) is 9.35. The average molecular weight is 560 g/mol. The van der Waals surface area contributed by atoms with Gasteiger partial charge in [-0.3, -0.25) is 9.36 Å². The van der Waals surface area contributed by atoms with E-state index in [9.17, 15) is 9.59 Å². The van der Waals surface area contributed by atoms with Crippen molar-refractivity contribution >= 4 is 46.0 Å². The fraction of sp³-hybridized carbons (Fsp3) is 0.208. The van der Waals surface area contributed by atoms with Crippen molar-refractivity contribution in [2.75, 3.05) is 13.7 Å². The number of methoxy groups -OCH3 is 1. The van der Waals surface area contributed by atoms with Crippen LogP contribution in [-0.4, -0.2) is 24.3 Å². The minimum Gasteiger partial charge on any atom is -0.496 e. The number of carbonyl (C=O) groups excluding carboxylic acids is 1. The van der Waals surface area contributed by atoms with Crippen molar-refractivity contribution in [2.45, 2.75) is 19.9 Å². The van der Waals surface area contributed by atoms with Gasteiger partial charge in [0.1, 0.15) is 11.8 Å². The van der Waals surface area contributed by atoms with Gasteiger partial charge in [0, 0.05) is 9.13 Å². The zero-order valence-corrected chi connectivity index (χ0v) is 20.8. The van der Waals surface area contributed by atoms with E-state index >= 15 is 0 Å². The molecule has 0 radical (unpaired) electrons. The molecular formula is C24H21IN2O4S. The summed E-state index contributed by atoms with van der Waals surface area (Å²) in [5, 5.41) is 0. The molecule has 1 atom stereocenters. The second-order valence-electron chi connectivity index (χ2n) is 7.10. The smallest absolute Gasteiger partial charge is 0.338 e. The average Bonchev–Trinajstić information content (AvgIpc) is 3.09. The van der Waals surface area contributed by atoms with Gasteiger partial charge >= 0.3 is 5.97 Å². The summed E-state index contributed by atoms with van der Waals surface area (Å²) >= 11 is 3.55. The number of thiazole rings is 1. The van der Waals surface area contributed by atoms with Gasteiger partial charge in [-0.05, 0) is 66.3 Å². The molecule has 0 saturated heterocycles. The molecule has 164 valence electrons. The fourth-order valence-electron chi connectivity index (χ4n) is 3.69. The molecule has 0 aliphatic carbocycles. The zero-order chi connectivity index (χ0) is 22.8. The van der Waals surface area contributed by atoms with Crippen LogP contribution < -0.4 is 19.6 Å². The monoisotopic (exact) mass is 560 g/mol. The Balaban J connectivity index is 1.98. The predicted molar refractivity (Wildman–Crippen MR) is 133 cm³/mol. The number of aromatic nitrogens is 1. The number of hydrogen-bond donors (Lipinski definition) is 0. The summed E-state index contributed by atoms with van der Waals surface area (Å²) in [7, 11) is 1.57. The molecule has 32 heavy (non-hydrogen) atoms. The topological polar surface area (TPSA) is 69.9 Å². The summed E-state index contributed by atoms with van der Waals surface area (Å²) in [6.45, 7) is 3.75. The Bertz CT molecular complexity index is 1390. The second kappa shape index (κ2) is 9.41. The molecule has 1 aromatic heterocycles. The first-order valence-corrected chi connectivity index (χ1v) is 11.9. The number of esters is 1. The first kappa shape index (κ1) is 22.5. The summed E-state index contributed by atoms with van der Waals surface area (Å²) in [6.07, 6.45) is 1.85. The summed E-state index contributed by atoms with van der Waals surface area (Å²) in [4.78, 5) is 31.6. The highest BCUT2D eigenvalue weighted by Crippen LogP contribution is 2.35. The molecule has 0 amide bonds. The first-order chi connectivity index (χ1) is 15.4. The summed E-state index contributed by atoms with van der Waals surface area (Å²) in [5.74, 6) is 0.0952. The van der Waals surface area contributed by atoms with Gasteiger partial charge < -0.3 is 9.47 Å². The maximum Gasteiger partial charge on any atom is 0.338 e. The number of fused-ring (bicyclic) bond motifs is 1. The highest BCUT2D eigenvalue weighted by Gasteiger charge is 2.34. The first-order valence-electron chi connectivity index (χ1n) is 10.0. The molecular weight excluding hydrogens is 539 g/mol. The van der Waals surface area contributed by atoms with Crippen LogP contribution in [0.1, 0.15) is 31.0 Å². The lowest BCUT2D eigenvalue weighted by Gasteiger charge is -2.25. The Hall–Kier alpha value is -2.72. The number of halogens is 1. The molecule has 4 rings (SSSR count). The molecule has 8 heteroatoms. The van der Waals surface area contributed by atoms with E-state index in [0.717, 1.165) is 9.13 Å². The summed E-state index contributed by atoms with van der Waals surface area (Å²) in [5.41, 5.74) is 2.28. The number of rotatable bonds is 5. The highest BCUT2D eigenvalue weighted by atomic mass is 127. The molecule has 1 aliphatic rings. The van der Waals surface area contributed by atoms with Crippen LogP contribution in [0.2, 0.25) is 0 Å². The number of para-hydroxylation sites is 1. The number of hydrogen-bond acceptors (Lipinski definition) is 6. The predicted octanol–water partition coefficient (Wildman–Crippen LogP) is 3.41. The van der Waals surface area contributed by atoms with Crippen LogP contribution in [0, 0.1) is 3.57 Å². The number of carbonyl (C=O) groups is 1. The maximum absolute atomic E-state index is 13.6. The molecule has 3 aromatic rings. The van der Waals surface area contributed by atoms with Gasteiger partial charge in [-0.2, -0.15) is 0 Å². The van der Waals surface area contributed by atoms with Crippen LogP contribution in [0.25, 0.3) is 6.08 Å². The van der Waals surface area contributed by atoms with E-state index in [1.54, 1.807) is 25.5 Å². The van der Waals surface area contributed by atoms with E-state index in [1.165, 1.54) is 11.3 Å². The third kappa shape index (κ3) is 4.16.